The Balaban J connectivity index is 0.000000131. The van der Waals surface area contributed by atoms with Crippen LogP contribution < -0.4 is 10.4 Å². The number of allylic oxidation sites excluding steroid dienone is 2. The summed E-state index contributed by atoms with van der Waals surface area (Å²) in [6, 6.07) is 129. The Kier molecular flexibility index (Phi) is 32.3. The summed E-state index contributed by atoms with van der Waals surface area (Å²) in [6.45, 7) is 2.85. The predicted molar refractivity (Wildman–Crippen MR) is 518 cm³/mol. The van der Waals surface area contributed by atoms with Crippen LogP contribution in [0.1, 0.15) is 25.6 Å². The van der Waals surface area contributed by atoms with Gasteiger partial charge in [0.25, 0.3) is 0 Å². The van der Waals surface area contributed by atoms with Gasteiger partial charge in [0.2, 0.25) is 6.33 Å². The second kappa shape index (κ2) is 45.7. The first kappa shape index (κ1) is 97.0. The number of aromatic nitrogens is 13. The van der Waals surface area contributed by atoms with Crippen LogP contribution in [0.3, 0.4) is 0 Å². The van der Waals surface area contributed by atoms with E-state index in [1.165, 1.54) is 63.1 Å². The Morgan fingerprint density at radius 1 is 0.438 bits per heavy atom. The zero-order valence-electron chi connectivity index (χ0n) is 72.5. The molecule has 0 atom stereocenters. The van der Waals surface area contributed by atoms with Crippen LogP contribution in [0.4, 0.5) is 0 Å². The molecule has 0 radical (unpaired) electrons. The van der Waals surface area contributed by atoms with Gasteiger partial charge >= 0.3 is 110 Å². The van der Waals surface area contributed by atoms with Crippen LogP contribution in [0, 0.1) is 48.8 Å². The molecule has 1 aliphatic rings. The van der Waals surface area contributed by atoms with Gasteiger partial charge in [-0.05, 0) is 136 Å². The van der Waals surface area contributed by atoms with Gasteiger partial charge in [0.05, 0.1) is 12.8 Å². The molecule has 0 fully saturated rings. The van der Waals surface area contributed by atoms with Crippen molar-refractivity contribution in [2.45, 2.75) is 20.0 Å². The summed E-state index contributed by atoms with van der Waals surface area (Å²) in [5.74, 6) is 5.36. The fourth-order valence-electron chi connectivity index (χ4n) is 16.4. The average molecular weight is 2710 g/mol. The quantitative estimate of drug-likeness (QED) is 0.0202. The molecule has 0 spiro atoms. The molecule has 0 bridgehead atoms. The van der Waals surface area contributed by atoms with E-state index < -0.39 is 0 Å². The minimum atomic E-state index is -0.218. The molecule has 1 aliphatic heterocycles. The molecule has 13 aromatic carbocycles. The summed E-state index contributed by atoms with van der Waals surface area (Å²) in [5.41, 5.74) is 20.6. The first-order valence-electron chi connectivity index (χ1n) is 41.9. The molecule has 137 heavy (non-hydrogen) atoms. The van der Waals surface area contributed by atoms with Gasteiger partial charge in [-0.1, -0.05) is 172 Å². The van der Waals surface area contributed by atoms with Gasteiger partial charge in [-0.3, -0.25) is 24.1 Å². The molecule has 687 valence electrons. The summed E-state index contributed by atoms with van der Waals surface area (Å²) in [4.78, 5) is 28.0. The molecule has 24 rings (SSSR count). The maximum Gasteiger partial charge on any atom is 2.00 e. The number of hydrogen-bond donors (Lipinski definition) is 2. The summed E-state index contributed by atoms with van der Waals surface area (Å²) >= 11 is 3.23. The van der Waals surface area contributed by atoms with Crippen molar-refractivity contribution in [3.05, 3.63) is 419 Å². The second-order valence-corrected chi connectivity index (χ2v) is 30.5. The van der Waals surface area contributed by atoms with E-state index in [1.807, 2.05) is 141 Å². The maximum absolute atomic E-state index is 10.0. The van der Waals surface area contributed by atoms with Crippen molar-refractivity contribution >= 4 is 137 Å². The van der Waals surface area contributed by atoms with E-state index in [-0.39, 0.29) is 80.9 Å². The summed E-state index contributed by atoms with van der Waals surface area (Å²) in [7, 11) is 6.58. The number of fused-ring (bicyclic) bond motifs is 15. The van der Waals surface area contributed by atoms with Gasteiger partial charge in [-0.15, -0.1) is 98.7 Å². The van der Waals surface area contributed by atoms with E-state index in [2.05, 4.69) is 370 Å². The van der Waals surface area contributed by atoms with Crippen LogP contribution in [0.2, 0.25) is 0 Å². The molecule has 3 N–H and O–H groups in total. The molecule has 0 saturated carbocycles. The fraction of sp³-hybridized carbons (Fsp3) is 0.0377. The molecule has 0 saturated heterocycles. The Morgan fingerprint density at radius 2 is 0.920 bits per heavy atom. The number of ketones is 1. The van der Waals surface area contributed by atoms with Crippen molar-refractivity contribution in [1.29, 1.82) is 0 Å². The third-order valence-corrected chi connectivity index (χ3v) is 22.1. The molecule has 31 heteroatoms. The third kappa shape index (κ3) is 21.0. The number of carbonyl (C=O) groups excluding carboxylic acids is 1. The van der Waals surface area contributed by atoms with Crippen LogP contribution in [-0.2, 0) is 113 Å². The average Bonchev–Trinajstić information content (AvgIpc) is 1.56. The number of hydrogen-bond acceptors (Lipinski definition) is 10. The van der Waals surface area contributed by atoms with Crippen molar-refractivity contribution in [3.8, 4) is 56.9 Å². The third-order valence-electron chi connectivity index (χ3n) is 21.8. The molecule has 25 nitrogen and oxygen atoms in total. The van der Waals surface area contributed by atoms with Crippen molar-refractivity contribution in [1.82, 2.24) is 56.9 Å². The smallest absolute Gasteiger partial charge is 0.358 e. The molecule has 0 amide bonds. The molecular formula is C106H74ClN23O2Pt5-5. The van der Waals surface area contributed by atoms with Crippen molar-refractivity contribution in [3.63, 3.8) is 0 Å². The van der Waals surface area contributed by atoms with Crippen LogP contribution in [-0.4, -0.2) is 80.3 Å². The van der Waals surface area contributed by atoms with Crippen LogP contribution >= 0.6 is 9.42 Å². The molecule has 10 aromatic heterocycles. The van der Waals surface area contributed by atoms with E-state index in [0.29, 0.717) is 0 Å². The summed E-state index contributed by atoms with van der Waals surface area (Å²) < 4.78 is 21.9. The van der Waals surface area contributed by atoms with Gasteiger partial charge in [0.15, 0.2) is 5.78 Å². The minimum Gasteiger partial charge on any atom is -0.358 e. The van der Waals surface area contributed by atoms with Gasteiger partial charge < -0.3 is 42.1 Å². The van der Waals surface area contributed by atoms with Gasteiger partial charge in [-0.2, -0.15) is 95.1 Å². The first-order valence-corrected chi connectivity index (χ1v) is 45.7. The van der Waals surface area contributed by atoms with Crippen LogP contribution in [0.15, 0.2) is 410 Å². The molecule has 11 heterocycles. The first-order chi connectivity index (χ1) is 66.0. The maximum atomic E-state index is 10.0. The van der Waals surface area contributed by atoms with Crippen molar-refractivity contribution < 1.29 is 116 Å². The second-order valence-electron chi connectivity index (χ2n) is 30.1. The Bertz CT molecular complexity index is 8160. The zero-order valence-corrected chi connectivity index (χ0v) is 84.6. The number of benzene rings is 13. The number of aliphatic hydroxyl groups is 1. The van der Waals surface area contributed by atoms with Crippen LogP contribution in [0.25, 0.3) is 166 Å². The van der Waals surface area contributed by atoms with E-state index >= 15 is 0 Å². The normalized spacial score (nSPS) is 11.7. The number of aliphatic imine (C=N–C) groups is 2. The van der Waals surface area contributed by atoms with Crippen molar-refractivity contribution in [2.75, 3.05) is 0 Å². The van der Waals surface area contributed by atoms with E-state index in [0.717, 1.165) is 128 Å². The van der Waals surface area contributed by atoms with E-state index in [4.69, 9.17) is 5.11 Å². The minimum absolute atomic E-state index is 0. The van der Waals surface area contributed by atoms with Gasteiger partial charge in [0.1, 0.15) is 12.0 Å². The standard InChI is InChI=1S/C33H21N5.C26H16N4.C21H14N3.C21H13N3.C5H8O2.ClH.H2N8.5Pt/c1-35-18-19-36(22-35)23-13-15-27-25-8-2-4-10-29(25)37(31(27)20-23)24-14-16-28-26-9-3-5-11-30(26)38(32(28)21-24)33-12-6-7-17-34-33;1-2-10-24-21(8-1)22-12-11-19(26-28-14-15-29-26)17-25(22)30(24)20-7-5-6-18(16-20)23-9-3-4-13-27-23;2*1-2-7-16(8-3-1)24-20-10-5-4-9-18(20)19-12-11-17(15-21(19)24)23-14-6-13-22-23;1-4(6)3-5(2)7;;1-3-5-7-8-6-4-2;;;;;/h2-19H,1H3;1-15,26H;1-10,12-15H;1-7,9-14H;3,6H,1-2H3;1H;(H2,1,4,5,8);;;;;/q2*-2;-1;-2;;;;;;;+1;+2/p-1. The Labute approximate surface area is 855 Å². The number of nitrogens with two attached hydrogens (primary N) is 1. The number of halogens is 1. The molecular weight excluding hydrogens is 2640 g/mol. The van der Waals surface area contributed by atoms with E-state index in [1.54, 1.807) is 69.4 Å². The van der Waals surface area contributed by atoms with Gasteiger partial charge in [0, 0.05) is 143 Å². The number of rotatable bonds is 14. The predicted octanol–water partition coefficient (Wildman–Crippen LogP) is 23.6. The number of aryl methyl sites for hydroxylation is 1. The number of nitrogens with zero attached hydrogens (tertiary/aromatic N) is 22. The Hall–Kier alpha value is -14.5. The molecule has 23 aromatic rings. The number of para-hydroxylation sites is 7. The van der Waals surface area contributed by atoms with Gasteiger partial charge in [-0.25, -0.2) is 4.98 Å². The largest absolute Gasteiger partial charge is 2.00 e. The monoisotopic (exact) mass is 2710 g/mol. The van der Waals surface area contributed by atoms with E-state index in [9.17, 15) is 4.79 Å². The van der Waals surface area contributed by atoms with Crippen molar-refractivity contribution in [2.24, 2.45) is 57.8 Å². The molecule has 0 aliphatic carbocycles. The molecule has 0 unspecified atom stereocenters. The number of carbonyl (C=O) groups is 1. The number of pyridine rings is 2. The topological polar surface area (TPSA) is 269 Å². The van der Waals surface area contributed by atoms with Crippen LogP contribution in [0.5, 0.6) is 0 Å². The summed E-state index contributed by atoms with van der Waals surface area (Å²) in [6.07, 6.45) is 22.8. The Morgan fingerprint density at radius 3 is 1.45 bits per heavy atom. The fourth-order valence-corrected chi connectivity index (χ4v) is 16.5. The zero-order chi connectivity index (χ0) is 91.8. The summed E-state index contributed by atoms with van der Waals surface area (Å²) in [5, 5.41) is 46.6. The SMILES string of the molecule is CC(=O)C=C(C)O.C[n+]1[c-]n(-c2[c-]c3c(cc2)c2ccccc2n3-c2[c-]c3c(cc2)c2ccccc2n3-c2ccccn2)cc1.N/N=N/N=N/N=N/[N]=[Pt].[Cl][Pt].[Pt+2].[Pt].[Pt].[c-]1c(-c2ccccn2)cccc1-n1c2[c-]c(C3N=CC=N3)ccc2c2ccccc21.[c-]1cc2c3ccccc3n(-c3ccccc3)c2cc1-n1cccn1.[c-]1ccccc1-n1c2[c-]c(-n3cccn3)ccc2c2ccccc21. The number of aliphatic hydroxyl groups excluding tert-OH is 1. The number of imidazole rings is 1.